The Bertz CT molecular complexity index is 1130. The highest BCUT2D eigenvalue weighted by atomic mass is 32.1. The minimum atomic E-state index is 0.131. The van der Waals surface area contributed by atoms with Gasteiger partial charge in [-0.2, -0.15) is 10.5 Å². The van der Waals surface area contributed by atoms with Crippen molar-refractivity contribution in [1.29, 1.82) is 10.5 Å². The lowest BCUT2D eigenvalue weighted by atomic mass is 9.98. The van der Waals surface area contributed by atoms with Crippen LogP contribution in [0.3, 0.4) is 0 Å². The predicted molar refractivity (Wildman–Crippen MR) is 97.4 cm³/mol. The van der Waals surface area contributed by atoms with Crippen LogP contribution in [0.4, 0.5) is 0 Å². The summed E-state index contributed by atoms with van der Waals surface area (Å²) < 4.78 is 1.14. The molecule has 0 saturated carbocycles. The second-order valence-corrected chi connectivity index (χ2v) is 6.45. The Morgan fingerprint density at radius 2 is 1.71 bits per heavy atom. The molecule has 24 heavy (non-hydrogen) atoms. The molecule has 2 aromatic carbocycles. The molecule has 0 amide bonds. The number of allylic oxidation sites excluding steroid dienone is 1. The number of nitrogens with zero attached hydrogens (tertiary/aromatic N) is 2. The number of hydrogen-bond donors (Lipinski definition) is 1. The van der Waals surface area contributed by atoms with Gasteiger partial charge in [-0.05, 0) is 23.6 Å². The number of aromatic amines is 1. The van der Waals surface area contributed by atoms with E-state index in [0.29, 0.717) is 5.57 Å². The number of hydrogen-bond acceptors (Lipinski definition) is 3. The molecular weight excluding hydrogens is 314 g/mol. The fourth-order valence-corrected chi connectivity index (χ4v) is 4.04. The molecule has 0 atom stereocenters. The van der Waals surface area contributed by atoms with Gasteiger partial charge in [-0.3, -0.25) is 0 Å². The molecule has 4 heteroatoms. The van der Waals surface area contributed by atoms with Gasteiger partial charge in [-0.15, -0.1) is 11.3 Å². The molecule has 0 aliphatic rings. The molecule has 4 rings (SSSR count). The fourth-order valence-electron chi connectivity index (χ4n) is 2.91. The second-order valence-electron chi connectivity index (χ2n) is 5.37. The van der Waals surface area contributed by atoms with Crippen molar-refractivity contribution in [2.24, 2.45) is 0 Å². The van der Waals surface area contributed by atoms with Gasteiger partial charge in [0.25, 0.3) is 0 Å². The third-order valence-electron chi connectivity index (χ3n) is 4.00. The highest BCUT2D eigenvalue weighted by Crippen LogP contribution is 2.38. The first kappa shape index (κ1) is 14.3. The zero-order valence-electron chi connectivity index (χ0n) is 12.6. The van der Waals surface area contributed by atoms with Gasteiger partial charge in [-0.1, -0.05) is 36.4 Å². The van der Waals surface area contributed by atoms with Crippen LogP contribution >= 0.6 is 11.3 Å². The van der Waals surface area contributed by atoms with Crippen molar-refractivity contribution in [2.75, 3.05) is 0 Å². The van der Waals surface area contributed by atoms with E-state index in [1.165, 1.54) is 0 Å². The molecule has 1 N–H and O–H groups in total. The van der Waals surface area contributed by atoms with E-state index in [1.54, 1.807) is 11.3 Å². The molecule has 0 unspecified atom stereocenters. The summed E-state index contributed by atoms with van der Waals surface area (Å²) in [5, 5.41) is 21.1. The first-order chi connectivity index (χ1) is 11.8. The Morgan fingerprint density at radius 3 is 2.50 bits per heavy atom. The average Bonchev–Trinajstić information content (AvgIpc) is 3.23. The maximum atomic E-state index is 9.47. The first-order valence-electron chi connectivity index (χ1n) is 7.41. The number of H-pyrrole nitrogens is 1. The first-order valence-corrected chi connectivity index (χ1v) is 8.23. The molecule has 0 spiro atoms. The summed E-state index contributed by atoms with van der Waals surface area (Å²) in [7, 11) is 0. The van der Waals surface area contributed by atoms with E-state index in [2.05, 4.69) is 23.2 Å². The van der Waals surface area contributed by atoms with E-state index >= 15 is 0 Å². The monoisotopic (exact) mass is 325 g/mol. The summed E-state index contributed by atoms with van der Waals surface area (Å²) in [6.45, 7) is 0. The van der Waals surface area contributed by atoms with Crippen LogP contribution in [0.15, 0.2) is 66.4 Å². The van der Waals surface area contributed by atoms with E-state index in [4.69, 9.17) is 0 Å². The highest BCUT2D eigenvalue weighted by Gasteiger charge is 2.18. The van der Waals surface area contributed by atoms with Crippen molar-refractivity contribution in [3.05, 3.63) is 76.8 Å². The third kappa shape index (κ3) is 2.18. The van der Waals surface area contributed by atoms with Crippen molar-refractivity contribution in [2.45, 2.75) is 0 Å². The molecular formula is C20H11N3S. The minimum Gasteiger partial charge on any atom is -0.361 e. The standard InChI is InChI=1S/C20H11N3S/c21-10-14(11-22)20(16-12-23-17-7-3-2-6-15(16)17)19-9-13-5-1-4-8-18(13)24-19/h1-9,12,23H. The molecule has 0 aliphatic heterocycles. The Morgan fingerprint density at radius 1 is 0.958 bits per heavy atom. The summed E-state index contributed by atoms with van der Waals surface area (Å²) in [6, 6.07) is 22.1. The van der Waals surface area contributed by atoms with Crippen molar-refractivity contribution in [3.8, 4) is 12.1 Å². The van der Waals surface area contributed by atoms with Crippen LogP contribution in [0.5, 0.6) is 0 Å². The molecule has 2 heterocycles. The van der Waals surface area contributed by atoms with Gasteiger partial charge < -0.3 is 4.98 Å². The lowest BCUT2D eigenvalue weighted by molar-refractivity contribution is 1.44. The Kier molecular flexibility index (Phi) is 3.39. The zero-order valence-corrected chi connectivity index (χ0v) is 13.4. The van der Waals surface area contributed by atoms with Gasteiger partial charge in [-0.25, -0.2) is 0 Å². The predicted octanol–water partition coefficient (Wildman–Crippen LogP) is 5.23. The van der Waals surface area contributed by atoms with E-state index < -0.39 is 0 Å². The molecule has 0 bridgehead atoms. The van der Waals surface area contributed by atoms with Crippen LogP contribution < -0.4 is 0 Å². The zero-order chi connectivity index (χ0) is 16.5. The van der Waals surface area contributed by atoms with Gasteiger partial charge in [0.15, 0.2) is 0 Å². The number of aromatic nitrogens is 1. The van der Waals surface area contributed by atoms with E-state index in [9.17, 15) is 10.5 Å². The van der Waals surface area contributed by atoms with Gasteiger partial charge >= 0.3 is 0 Å². The maximum absolute atomic E-state index is 9.47. The van der Waals surface area contributed by atoms with Gasteiger partial charge in [0.2, 0.25) is 0 Å². The van der Waals surface area contributed by atoms with Crippen LogP contribution in [0.2, 0.25) is 0 Å². The van der Waals surface area contributed by atoms with Gasteiger partial charge in [0, 0.05) is 37.8 Å². The quantitative estimate of drug-likeness (QED) is 0.513. The van der Waals surface area contributed by atoms with Crippen molar-refractivity contribution in [3.63, 3.8) is 0 Å². The summed E-state index contributed by atoms with van der Waals surface area (Å²) in [5.74, 6) is 0. The van der Waals surface area contributed by atoms with Crippen molar-refractivity contribution >= 4 is 37.9 Å². The van der Waals surface area contributed by atoms with Gasteiger partial charge in [0.1, 0.15) is 17.7 Å². The number of nitriles is 2. The summed E-state index contributed by atoms with van der Waals surface area (Å²) in [5.41, 5.74) is 2.70. The molecule has 3 nitrogen and oxygen atoms in total. The Balaban J connectivity index is 2.05. The number of rotatable bonds is 2. The van der Waals surface area contributed by atoms with Crippen LogP contribution in [0, 0.1) is 22.7 Å². The van der Waals surface area contributed by atoms with Crippen molar-refractivity contribution in [1.82, 2.24) is 4.98 Å². The third-order valence-corrected chi connectivity index (χ3v) is 5.14. The number of nitrogens with one attached hydrogen (secondary N) is 1. The Hall–Kier alpha value is -3.34. The molecule has 4 aromatic rings. The van der Waals surface area contributed by atoms with E-state index in [-0.39, 0.29) is 5.57 Å². The SMILES string of the molecule is N#CC(C#N)=C(c1cc2ccccc2s1)c1c[nH]c2ccccc12. The van der Waals surface area contributed by atoms with Crippen LogP contribution in [0.25, 0.3) is 26.6 Å². The Labute approximate surface area is 142 Å². The van der Waals surface area contributed by atoms with Crippen LogP contribution in [-0.2, 0) is 0 Å². The average molecular weight is 325 g/mol. The molecule has 0 aliphatic carbocycles. The smallest absolute Gasteiger partial charge is 0.138 e. The van der Waals surface area contributed by atoms with Gasteiger partial charge in [0.05, 0.1) is 0 Å². The maximum Gasteiger partial charge on any atom is 0.138 e. The molecule has 0 radical (unpaired) electrons. The summed E-state index contributed by atoms with van der Waals surface area (Å²) in [6.07, 6.45) is 1.87. The topological polar surface area (TPSA) is 63.4 Å². The summed E-state index contributed by atoms with van der Waals surface area (Å²) in [4.78, 5) is 4.16. The van der Waals surface area contributed by atoms with Crippen molar-refractivity contribution < 1.29 is 0 Å². The molecule has 112 valence electrons. The number of benzene rings is 2. The molecule has 0 saturated heterocycles. The number of fused-ring (bicyclic) bond motifs is 2. The lowest BCUT2D eigenvalue weighted by Gasteiger charge is -2.04. The molecule has 2 aromatic heterocycles. The summed E-state index contributed by atoms with van der Waals surface area (Å²) >= 11 is 1.60. The van der Waals surface area contributed by atoms with Crippen LogP contribution in [0.1, 0.15) is 10.4 Å². The molecule has 0 fully saturated rings. The minimum absolute atomic E-state index is 0.131. The normalized spacial score (nSPS) is 10.4. The fraction of sp³-hybridized carbons (Fsp3) is 0. The number of thiophene rings is 1. The van der Waals surface area contributed by atoms with E-state index in [0.717, 1.165) is 31.4 Å². The second kappa shape index (κ2) is 5.70. The number of para-hydroxylation sites is 1. The van der Waals surface area contributed by atoms with Crippen LogP contribution in [-0.4, -0.2) is 4.98 Å². The van der Waals surface area contributed by atoms with E-state index in [1.807, 2.05) is 54.7 Å². The highest BCUT2D eigenvalue weighted by molar-refractivity contribution is 7.20. The lowest BCUT2D eigenvalue weighted by Crippen LogP contribution is -1.88. The largest absolute Gasteiger partial charge is 0.361 e.